The Morgan fingerprint density at radius 2 is 1.80 bits per heavy atom. The molecule has 0 heterocycles. The van der Waals surface area contributed by atoms with Crippen LogP contribution in [0.4, 0.5) is 4.39 Å². The monoisotopic (exact) mass is 344 g/mol. The van der Waals surface area contributed by atoms with Gasteiger partial charge in [-0.25, -0.2) is 4.39 Å². The van der Waals surface area contributed by atoms with E-state index in [-0.39, 0.29) is 24.1 Å². The molecule has 2 aromatic rings. The van der Waals surface area contributed by atoms with Gasteiger partial charge in [0.2, 0.25) is 5.91 Å². The number of methoxy groups -OCH3 is 1. The molecule has 0 radical (unpaired) electrons. The van der Waals surface area contributed by atoms with Crippen molar-refractivity contribution < 1.29 is 13.9 Å². The SMILES string of the molecule is COc1ccc(CC(=O)NCC(N)c2ccc(C(C)C)cc2)cc1F. The predicted octanol–water partition coefficient (Wildman–Crippen LogP) is 3.32. The molecule has 1 amide bonds. The molecule has 2 aromatic carbocycles. The van der Waals surface area contributed by atoms with Crippen molar-refractivity contribution in [2.45, 2.75) is 32.2 Å². The van der Waals surface area contributed by atoms with Crippen molar-refractivity contribution in [3.05, 3.63) is 65.0 Å². The second-order valence-electron chi connectivity index (χ2n) is 6.38. The molecule has 0 fully saturated rings. The average Bonchev–Trinajstić information content (AvgIpc) is 2.60. The number of carbonyl (C=O) groups excluding carboxylic acids is 1. The zero-order valence-electron chi connectivity index (χ0n) is 14.9. The summed E-state index contributed by atoms with van der Waals surface area (Å²) in [5, 5.41) is 2.80. The summed E-state index contributed by atoms with van der Waals surface area (Å²) in [4.78, 5) is 12.0. The molecule has 1 unspecified atom stereocenters. The third kappa shape index (κ3) is 5.29. The quantitative estimate of drug-likeness (QED) is 0.810. The summed E-state index contributed by atoms with van der Waals surface area (Å²) in [6, 6.07) is 12.3. The van der Waals surface area contributed by atoms with Gasteiger partial charge in [-0.1, -0.05) is 44.2 Å². The van der Waals surface area contributed by atoms with Crippen LogP contribution in [0.15, 0.2) is 42.5 Å². The Kier molecular flexibility index (Phi) is 6.53. The molecular weight excluding hydrogens is 319 g/mol. The Bertz CT molecular complexity index is 714. The standard InChI is InChI=1S/C20H25FN2O2/c1-13(2)15-5-7-16(8-6-15)18(22)12-23-20(24)11-14-4-9-19(25-3)17(21)10-14/h4-10,13,18H,11-12,22H2,1-3H3,(H,23,24). The van der Waals surface area contributed by atoms with Crippen LogP contribution in [0, 0.1) is 5.82 Å². The van der Waals surface area contributed by atoms with Gasteiger partial charge in [-0.05, 0) is 34.7 Å². The lowest BCUT2D eigenvalue weighted by Gasteiger charge is -2.15. The van der Waals surface area contributed by atoms with Crippen LogP contribution in [0.2, 0.25) is 0 Å². The average molecular weight is 344 g/mol. The highest BCUT2D eigenvalue weighted by Crippen LogP contribution is 2.19. The normalized spacial score (nSPS) is 12.1. The van der Waals surface area contributed by atoms with Crippen LogP contribution < -0.4 is 15.8 Å². The van der Waals surface area contributed by atoms with E-state index in [1.165, 1.54) is 24.8 Å². The number of ether oxygens (including phenoxy) is 1. The van der Waals surface area contributed by atoms with Crippen LogP contribution >= 0.6 is 0 Å². The summed E-state index contributed by atoms with van der Waals surface area (Å²) in [5.74, 6) is -0.0422. The Morgan fingerprint density at radius 1 is 1.16 bits per heavy atom. The summed E-state index contributed by atoms with van der Waals surface area (Å²) >= 11 is 0. The second-order valence-corrected chi connectivity index (χ2v) is 6.38. The van der Waals surface area contributed by atoms with Gasteiger partial charge in [0.05, 0.1) is 13.5 Å². The van der Waals surface area contributed by atoms with E-state index in [4.69, 9.17) is 10.5 Å². The minimum atomic E-state index is -0.477. The van der Waals surface area contributed by atoms with E-state index in [0.717, 1.165) is 5.56 Å². The number of halogens is 1. The minimum Gasteiger partial charge on any atom is -0.494 e. The molecule has 0 bridgehead atoms. The van der Waals surface area contributed by atoms with Crippen molar-refractivity contribution >= 4 is 5.91 Å². The van der Waals surface area contributed by atoms with Gasteiger partial charge in [0, 0.05) is 12.6 Å². The Morgan fingerprint density at radius 3 is 2.36 bits per heavy atom. The maximum atomic E-state index is 13.6. The molecule has 0 aliphatic rings. The summed E-state index contributed by atoms with van der Waals surface area (Å²) < 4.78 is 18.5. The second kappa shape index (κ2) is 8.62. The van der Waals surface area contributed by atoms with E-state index in [2.05, 4.69) is 31.3 Å². The van der Waals surface area contributed by atoms with E-state index in [1.54, 1.807) is 6.07 Å². The Hall–Kier alpha value is -2.40. The summed E-state index contributed by atoms with van der Waals surface area (Å²) in [6.45, 7) is 4.60. The molecule has 0 aliphatic carbocycles. The molecule has 25 heavy (non-hydrogen) atoms. The molecule has 0 saturated carbocycles. The molecule has 2 rings (SSSR count). The van der Waals surface area contributed by atoms with Gasteiger partial charge in [0.1, 0.15) is 0 Å². The lowest BCUT2D eigenvalue weighted by Crippen LogP contribution is -2.32. The zero-order valence-corrected chi connectivity index (χ0v) is 14.9. The van der Waals surface area contributed by atoms with E-state index in [0.29, 0.717) is 18.0 Å². The minimum absolute atomic E-state index is 0.0971. The lowest BCUT2D eigenvalue weighted by atomic mass is 9.99. The van der Waals surface area contributed by atoms with Crippen LogP contribution in [-0.4, -0.2) is 19.6 Å². The number of nitrogens with one attached hydrogen (secondary N) is 1. The fourth-order valence-corrected chi connectivity index (χ4v) is 2.54. The van der Waals surface area contributed by atoms with Gasteiger partial charge in [-0.15, -0.1) is 0 Å². The maximum Gasteiger partial charge on any atom is 0.224 e. The van der Waals surface area contributed by atoms with E-state index >= 15 is 0 Å². The highest BCUT2D eigenvalue weighted by Gasteiger charge is 2.11. The third-order valence-corrected chi connectivity index (χ3v) is 4.13. The largest absolute Gasteiger partial charge is 0.494 e. The highest BCUT2D eigenvalue weighted by molar-refractivity contribution is 5.78. The predicted molar refractivity (Wildman–Crippen MR) is 97.1 cm³/mol. The third-order valence-electron chi connectivity index (χ3n) is 4.13. The fraction of sp³-hybridized carbons (Fsp3) is 0.350. The fourth-order valence-electron chi connectivity index (χ4n) is 2.54. The van der Waals surface area contributed by atoms with Crippen molar-refractivity contribution in [3.8, 4) is 5.75 Å². The number of hydrogen-bond donors (Lipinski definition) is 2. The van der Waals surface area contributed by atoms with E-state index in [9.17, 15) is 9.18 Å². The number of amides is 1. The first-order valence-electron chi connectivity index (χ1n) is 8.35. The molecule has 3 N–H and O–H groups in total. The van der Waals surface area contributed by atoms with Crippen molar-refractivity contribution in [2.24, 2.45) is 5.73 Å². The Balaban J connectivity index is 1.87. The van der Waals surface area contributed by atoms with Crippen molar-refractivity contribution in [3.63, 3.8) is 0 Å². The first-order valence-corrected chi connectivity index (χ1v) is 8.35. The van der Waals surface area contributed by atoms with Crippen LogP contribution in [0.5, 0.6) is 5.75 Å². The first kappa shape index (κ1) is 18.9. The van der Waals surface area contributed by atoms with E-state index in [1.807, 2.05) is 12.1 Å². The number of rotatable bonds is 7. The van der Waals surface area contributed by atoms with Crippen molar-refractivity contribution in [2.75, 3.05) is 13.7 Å². The highest BCUT2D eigenvalue weighted by atomic mass is 19.1. The molecule has 0 saturated heterocycles. The molecule has 0 aliphatic heterocycles. The lowest BCUT2D eigenvalue weighted by molar-refractivity contribution is -0.120. The Labute approximate surface area is 148 Å². The summed E-state index contributed by atoms with van der Waals surface area (Å²) in [6.07, 6.45) is 0.0971. The van der Waals surface area contributed by atoms with Crippen LogP contribution in [-0.2, 0) is 11.2 Å². The molecule has 1 atom stereocenters. The van der Waals surface area contributed by atoms with Crippen molar-refractivity contribution in [1.82, 2.24) is 5.32 Å². The summed E-state index contributed by atoms with van der Waals surface area (Å²) in [7, 11) is 1.40. The van der Waals surface area contributed by atoms with Gasteiger partial charge in [-0.2, -0.15) is 0 Å². The smallest absolute Gasteiger partial charge is 0.224 e. The molecule has 5 heteroatoms. The maximum absolute atomic E-state index is 13.6. The van der Waals surface area contributed by atoms with Gasteiger partial charge in [0.25, 0.3) is 0 Å². The molecular formula is C20H25FN2O2. The number of benzene rings is 2. The van der Waals surface area contributed by atoms with Crippen LogP contribution in [0.3, 0.4) is 0 Å². The number of carbonyl (C=O) groups is 1. The first-order chi connectivity index (χ1) is 11.9. The van der Waals surface area contributed by atoms with Crippen LogP contribution in [0.25, 0.3) is 0 Å². The summed E-state index contributed by atoms with van der Waals surface area (Å²) in [5.41, 5.74) is 8.95. The van der Waals surface area contributed by atoms with Gasteiger partial charge in [-0.3, -0.25) is 4.79 Å². The topological polar surface area (TPSA) is 64.3 Å². The number of hydrogen-bond acceptors (Lipinski definition) is 3. The van der Waals surface area contributed by atoms with Crippen LogP contribution in [0.1, 0.15) is 42.5 Å². The zero-order chi connectivity index (χ0) is 18.4. The molecule has 134 valence electrons. The van der Waals surface area contributed by atoms with Crippen molar-refractivity contribution in [1.29, 1.82) is 0 Å². The number of nitrogens with two attached hydrogens (primary N) is 1. The molecule has 0 spiro atoms. The molecule has 0 aromatic heterocycles. The molecule has 4 nitrogen and oxygen atoms in total. The van der Waals surface area contributed by atoms with Gasteiger partial charge < -0.3 is 15.8 Å². The van der Waals surface area contributed by atoms with Gasteiger partial charge in [0.15, 0.2) is 11.6 Å². The van der Waals surface area contributed by atoms with Gasteiger partial charge >= 0.3 is 0 Å². The van der Waals surface area contributed by atoms with E-state index < -0.39 is 5.82 Å².